The van der Waals surface area contributed by atoms with Crippen molar-refractivity contribution in [1.82, 2.24) is 4.90 Å². The molecule has 0 bridgehead atoms. The van der Waals surface area contributed by atoms with Gasteiger partial charge in [0.15, 0.2) is 13.1 Å². The molecule has 1 atom stereocenters. The van der Waals surface area contributed by atoms with Crippen LogP contribution in [0.3, 0.4) is 0 Å². The van der Waals surface area contributed by atoms with E-state index < -0.39 is 0 Å². The number of nitrogens with one attached hydrogen (secondary N) is 2. The molecule has 0 spiro atoms. The molecular weight excluding hydrogens is 302 g/mol. The van der Waals surface area contributed by atoms with Crippen LogP contribution < -0.4 is 10.2 Å². The van der Waals surface area contributed by atoms with E-state index in [0.29, 0.717) is 19.6 Å². The summed E-state index contributed by atoms with van der Waals surface area (Å²) in [6, 6.07) is 5.84. The Morgan fingerprint density at radius 1 is 1.25 bits per heavy atom. The summed E-state index contributed by atoms with van der Waals surface area (Å²) in [5.41, 5.74) is 3.99. The van der Waals surface area contributed by atoms with Crippen LogP contribution in [0.2, 0.25) is 0 Å². The van der Waals surface area contributed by atoms with Gasteiger partial charge in [0.25, 0.3) is 11.8 Å². The predicted molar refractivity (Wildman–Crippen MR) is 98.2 cm³/mol. The summed E-state index contributed by atoms with van der Waals surface area (Å²) < 4.78 is 0. The Morgan fingerprint density at radius 3 is 2.50 bits per heavy atom. The van der Waals surface area contributed by atoms with Crippen molar-refractivity contribution in [3.05, 3.63) is 41.5 Å². The van der Waals surface area contributed by atoms with Crippen LogP contribution in [0, 0.1) is 13.8 Å². The van der Waals surface area contributed by atoms with Gasteiger partial charge in [0.2, 0.25) is 0 Å². The fraction of sp³-hybridized carbons (Fsp3) is 0.474. The summed E-state index contributed by atoms with van der Waals surface area (Å²) in [5, 5.41) is 2.93. The number of hydrogen-bond donors (Lipinski definition) is 2. The maximum absolute atomic E-state index is 12.3. The van der Waals surface area contributed by atoms with Gasteiger partial charge in [0, 0.05) is 18.8 Å². The van der Waals surface area contributed by atoms with E-state index in [1.807, 2.05) is 52.9 Å². The fourth-order valence-electron chi connectivity index (χ4n) is 2.49. The second kappa shape index (κ2) is 9.23. The molecule has 1 rings (SSSR count). The third-order valence-corrected chi connectivity index (χ3v) is 3.99. The number of likely N-dealkylation sites (N-methyl/N-ethyl adjacent to an activating group) is 2. The Balaban J connectivity index is 2.56. The third-order valence-electron chi connectivity index (χ3n) is 3.99. The number of aryl methyl sites for hydroxylation is 1. The molecule has 0 saturated heterocycles. The molecule has 0 radical (unpaired) electrons. The molecule has 2 amide bonds. The normalized spacial score (nSPS) is 11.7. The van der Waals surface area contributed by atoms with Crippen LogP contribution in [0.5, 0.6) is 0 Å². The zero-order chi connectivity index (χ0) is 18.3. The standard InChI is InChI=1S/C19H29N3O2/c1-7-22(11-14(2)3)19(24)13-21(6)12-18(23)20-17-10-8-9-15(4)16(17)5/h8-10H,2,7,11-13H2,1,3-6H3,(H,20,23)/p+1. The summed E-state index contributed by atoms with van der Waals surface area (Å²) in [5.74, 6) is -0.0468. The number of rotatable bonds is 8. The highest BCUT2D eigenvalue weighted by Crippen LogP contribution is 2.17. The first kappa shape index (κ1) is 19.9. The van der Waals surface area contributed by atoms with Gasteiger partial charge in [0.05, 0.1) is 7.05 Å². The largest absolute Gasteiger partial charge is 0.334 e. The molecule has 0 aromatic heterocycles. The van der Waals surface area contributed by atoms with Crippen LogP contribution in [-0.4, -0.2) is 49.9 Å². The van der Waals surface area contributed by atoms with E-state index in [1.165, 1.54) is 0 Å². The van der Waals surface area contributed by atoms with Crippen molar-refractivity contribution in [3.8, 4) is 0 Å². The van der Waals surface area contributed by atoms with Gasteiger partial charge >= 0.3 is 0 Å². The summed E-state index contributed by atoms with van der Waals surface area (Å²) in [6.07, 6.45) is 0. The molecule has 0 saturated carbocycles. The number of carbonyl (C=O) groups excluding carboxylic acids is 2. The zero-order valence-electron chi connectivity index (χ0n) is 15.5. The highest BCUT2D eigenvalue weighted by Gasteiger charge is 2.19. The van der Waals surface area contributed by atoms with Crippen LogP contribution in [0.25, 0.3) is 0 Å². The number of hydrogen-bond acceptors (Lipinski definition) is 2. The SMILES string of the molecule is C=C(C)CN(CC)C(=O)C[NH+](C)CC(=O)Nc1cccc(C)c1C. The minimum absolute atomic E-state index is 0.0394. The predicted octanol–water partition coefficient (Wildman–Crippen LogP) is 1.18. The Labute approximate surface area is 145 Å². The van der Waals surface area contributed by atoms with Crippen molar-refractivity contribution in [2.45, 2.75) is 27.7 Å². The number of nitrogens with zero attached hydrogens (tertiary/aromatic N) is 1. The minimum Gasteiger partial charge on any atom is -0.334 e. The molecule has 5 heteroatoms. The second-order valence-electron chi connectivity index (χ2n) is 6.47. The first-order chi connectivity index (χ1) is 11.2. The molecule has 24 heavy (non-hydrogen) atoms. The van der Waals surface area contributed by atoms with Crippen LogP contribution >= 0.6 is 0 Å². The van der Waals surface area contributed by atoms with E-state index in [9.17, 15) is 9.59 Å². The second-order valence-corrected chi connectivity index (χ2v) is 6.47. The first-order valence-electron chi connectivity index (χ1n) is 8.34. The molecule has 1 aromatic rings. The van der Waals surface area contributed by atoms with E-state index in [2.05, 4.69) is 11.9 Å². The summed E-state index contributed by atoms with van der Waals surface area (Å²) in [6.45, 7) is 13.5. The molecule has 0 aliphatic carbocycles. The molecule has 1 unspecified atom stereocenters. The van der Waals surface area contributed by atoms with Gasteiger partial charge in [-0.15, -0.1) is 0 Å². The van der Waals surface area contributed by atoms with Gasteiger partial charge in [-0.05, 0) is 44.9 Å². The fourth-order valence-corrected chi connectivity index (χ4v) is 2.49. The maximum atomic E-state index is 12.3. The molecule has 0 heterocycles. The highest BCUT2D eigenvalue weighted by atomic mass is 16.2. The Morgan fingerprint density at radius 2 is 1.92 bits per heavy atom. The first-order valence-corrected chi connectivity index (χ1v) is 8.34. The van der Waals surface area contributed by atoms with Crippen molar-refractivity contribution >= 4 is 17.5 Å². The number of quaternary nitrogens is 1. The van der Waals surface area contributed by atoms with Gasteiger partial charge in [-0.1, -0.05) is 24.3 Å². The third kappa shape index (κ3) is 6.16. The highest BCUT2D eigenvalue weighted by molar-refractivity contribution is 5.92. The number of carbonyl (C=O) groups is 2. The van der Waals surface area contributed by atoms with E-state index >= 15 is 0 Å². The van der Waals surface area contributed by atoms with Crippen LogP contribution in [0.15, 0.2) is 30.4 Å². The summed E-state index contributed by atoms with van der Waals surface area (Å²) in [4.78, 5) is 27.1. The lowest BCUT2D eigenvalue weighted by atomic mass is 10.1. The Hall–Kier alpha value is -2.14. The van der Waals surface area contributed by atoms with Crippen molar-refractivity contribution in [2.24, 2.45) is 0 Å². The maximum Gasteiger partial charge on any atom is 0.279 e. The van der Waals surface area contributed by atoms with Crippen molar-refractivity contribution in [2.75, 3.05) is 38.5 Å². The number of benzene rings is 1. The molecular formula is C19H30N3O2+. The molecule has 2 N–H and O–H groups in total. The van der Waals surface area contributed by atoms with Gasteiger partial charge in [-0.3, -0.25) is 9.59 Å². The molecule has 0 aliphatic rings. The van der Waals surface area contributed by atoms with E-state index in [4.69, 9.17) is 0 Å². The monoisotopic (exact) mass is 332 g/mol. The molecule has 1 aromatic carbocycles. The molecule has 0 fully saturated rings. The lowest BCUT2D eigenvalue weighted by Gasteiger charge is -2.22. The Kier molecular flexibility index (Phi) is 7.65. The molecule has 0 aliphatic heterocycles. The Bertz CT molecular complexity index is 611. The zero-order valence-corrected chi connectivity index (χ0v) is 15.5. The smallest absolute Gasteiger partial charge is 0.279 e. The van der Waals surface area contributed by atoms with Crippen molar-refractivity contribution in [1.29, 1.82) is 0 Å². The van der Waals surface area contributed by atoms with E-state index in [1.54, 1.807) is 4.90 Å². The van der Waals surface area contributed by atoms with Gasteiger partial charge in [0.1, 0.15) is 0 Å². The lowest BCUT2D eigenvalue weighted by Crippen LogP contribution is -3.11. The quantitative estimate of drug-likeness (QED) is 0.703. The number of anilines is 1. The topological polar surface area (TPSA) is 53.9 Å². The summed E-state index contributed by atoms with van der Waals surface area (Å²) >= 11 is 0. The summed E-state index contributed by atoms with van der Waals surface area (Å²) in [7, 11) is 1.86. The van der Waals surface area contributed by atoms with E-state index in [-0.39, 0.29) is 18.4 Å². The number of amides is 2. The van der Waals surface area contributed by atoms with Crippen LogP contribution in [-0.2, 0) is 9.59 Å². The van der Waals surface area contributed by atoms with Gasteiger partial charge in [-0.25, -0.2) is 0 Å². The average Bonchev–Trinajstić information content (AvgIpc) is 2.48. The van der Waals surface area contributed by atoms with Crippen molar-refractivity contribution in [3.63, 3.8) is 0 Å². The average molecular weight is 332 g/mol. The van der Waals surface area contributed by atoms with Crippen molar-refractivity contribution < 1.29 is 14.5 Å². The lowest BCUT2D eigenvalue weighted by molar-refractivity contribution is -0.862. The molecule has 5 nitrogen and oxygen atoms in total. The van der Waals surface area contributed by atoms with Crippen LogP contribution in [0.1, 0.15) is 25.0 Å². The van der Waals surface area contributed by atoms with Gasteiger partial charge < -0.3 is 15.1 Å². The molecule has 132 valence electrons. The minimum atomic E-state index is -0.0862. The van der Waals surface area contributed by atoms with Gasteiger partial charge in [-0.2, -0.15) is 0 Å². The van der Waals surface area contributed by atoms with Crippen LogP contribution in [0.4, 0.5) is 5.69 Å². The van der Waals surface area contributed by atoms with E-state index in [0.717, 1.165) is 27.3 Å².